The zero-order chi connectivity index (χ0) is 24.4. The number of amides is 1. The molecular weight excluding hydrogens is 493 g/mol. The lowest BCUT2D eigenvalue weighted by molar-refractivity contribution is 0.0382. The summed E-state index contributed by atoms with van der Waals surface area (Å²) in [5.74, 6) is 0.575. The van der Waals surface area contributed by atoms with Crippen molar-refractivity contribution in [1.82, 2.24) is 25.2 Å². The molecule has 2 aliphatic rings. The summed E-state index contributed by atoms with van der Waals surface area (Å²) in [5, 5.41) is 13.6. The van der Waals surface area contributed by atoms with Crippen LogP contribution in [-0.4, -0.2) is 83.0 Å². The quantitative estimate of drug-likeness (QED) is 0.502. The SMILES string of the molecule is COc1ccc2ncc(F)c(CCN3CC[C@H](NC(=O)c4cc5c(cn4)OCCO5)[C@@H](O)C3)c2n1.Cl. The van der Waals surface area contributed by atoms with Gasteiger partial charge in [0.15, 0.2) is 11.5 Å². The molecule has 10 nitrogen and oxygen atoms in total. The Morgan fingerprint density at radius 2 is 2.06 bits per heavy atom. The zero-order valence-corrected chi connectivity index (χ0v) is 20.5. The number of likely N-dealkylation sites (tertiary alicyclic amines) is 1. The van der Waals surface area contributed by atoms with E-state index in [0.717, 1.165) is 0 Å². The minimum Gasteiger partial charge on any atom is -0.486 e. The Morgan fingerprint density at radius 1 is 1.25 bits per heavy atom. The Hall–Kier alpha value is -3.28. The lowest BCUT2D eigenvalue weighted by atomic mass is 10.0. The largest absolute Gasteiger partial charge is 0.486 e. The number of methoxy groups -OCH3 is 1. The number of pyridine rings is 3. The number of nitrogens with zero attached hydrogens (tertiary/aromatic N) is 4. The molecule has 1 amide bonds. The summed E-state index contributed by atoms with van der Waals surface area (Å²) in [6.45, 7) is 2.37. The zero-order valence-electron chi connectivity index (χ0n) is 19.6. The smallest absolute Gasteiger partial charge is 0.270 e. The number of ether oxygens (including phenoxy) is 3. The Bertz CT molecular complexity index is 1250. The van der Waals surface area contributed by atoms with Crippen LogP contribution in [0, 0.1) is 5.82 Å². The Balaban J connectivity index is 0.00000304. The summed E-state index contributed by atoms with van der Waals surface area (Å²) < 4.78 is 30.7. The van der Waals surface area contributed by atoms with Crippen LogP contribution in [0.3, 0.4) is 0 Å². The van der Waals surface area contributed by atoms with E-state index in [9.17, 15) is 14.3 Å². The number of carbonyl (C=O) groups excluding carboxylic acids is 1. The highest BCUT2D eigenvalue weighted by Gasteiger charge is 2.30. The van der Waals surface area contributed by atoms with Crippen molar-refractivity contribution in [2.75, 3.05) is 40.0 Å². The normalized spacial score (nSPS) is 19.4. The first-order valence-electron chi connectivity index (χ1n) is 11.5. The van der Waals surface area contributed by atoms with E-state index in [4.69, 9.17) is 14.2 Å². The van der Waals surface area contributed by atoms with Crippen molar-refractivity contribution in [2.45, 2.75) is 25.0 Å². The van der Waals surface area contributed by atoms with Crippen LogP contribution in [0.25, 0.3) is 11.0 Å². The second-order valence-corrected chi connectivity index (χ2v) is 8.51. The molecule has 0 bridgehead atoms. The Morgan fingerprint density at radius 3 is 2.83 bits per heavy atom. The standard InChI is InChI=1S/C24H26FN5O5.ClH/c1-33-22-3-2-17-23(29-22)14(15(25)11-26-17)4-6-30-7-5-16(19(31)13-30)28-24(32)18-10-20-21(12-27-18)35-9-8-34-20;/h2-3,10-12,16,19,31H,4-9,13H2,1H3,(H,28,32);1H/t16-,19-;/m0./s1. The predicted octanol–water partition coefficient (Wildman–Crippen LogP) is 1.77. The number of rotatable bonds is 6. The lowest BCUT2D eigenvalue weighted by Crippen LogP contribution is -2.54. The Kier molecular flexibility index (Phi) is 8.02. The molecule has 2 N–H and O–H groups in total. The highest BCUT2D eigenvalue weighted by atomic mass is 35.5. The fourth-order valence-electron chi connectivity index (χ4n) is 4.38. The molecule has 0 unspecified atom stereocenters. The van der Waals surface area contributed by atoms with Gasteiger partial charge in [-0.1, -0.05) is 0 Å². The van der Waals surface area contributed by atoms with E-state index in [1.165, 1.54) is 19.5 Å². The summed E-state index contributed by atoms with van der Waals surface area (Å²) in [6.07, 6.45) is 2.84. The molecule has 2 atom stereocenters. The van der Waals surface area contributed by atoms with Gasteiger partial charge in [0.05, 0.1) is 42.7 Å². The third-order valence-corrected chi connectivity index (χ3v) is 6.27. The number of aliphatic hydroxyl groups is 1. The molecule has 5 heterocycles. The molecule has 3 aromatic heterocycles. The second-order valence-electron chi connectivity index (χ2n) is 8.51. The van der Waals surface area contributed by atoms with Crippen molar-refractivity contribution in [1.29, 1.82) is 0 Å². The van der Waals surface area contributed by atoms with Crippen LogP contribution in [0.2, 0.25) is 0 Å². The van der Waals surface area contributed by atoms with Crippen LogP contribution in [0.1, 0.15) is 22.5 Å². The fraction of sp³-hybridized carbons (Fsp3) is 0.417. The molecule has 3 aromatic rings. The number of aliphatic hydroxyl groups excluding tert-OH is 1. The average Bonchev–Trinajstić information content (AvgIpc) is 2.88. The van der Waals surface area contributed by atoms with Gasteiger partial charge in [0.2, 0.25) is 5.88 Å². The van der Waals surface area contributed by atoms with Crippen molar-refractivity contribution in [3.05, 3.63) is 47.7 Å². The molecule has 0 radical (unpaired) electrons. The first-order chi connectivity index (χ1) is 17.0. The molecule has 36 heavy (non-hydrogen) atoms. The van der Waals surface area contributed by atoms with Crippen molar-refractivity contribution < 1.29 is 28.5 Å². The molecule has 1 saturated heterocycles. The van der Waals surface area contributed by atoms with Crippen LogP contribution >= 0.6 is 12.4 Å². The van der Waals surface area contributed by atoms with E-state index >= 15 is 0 Å². The van der Waals surface area contributed by atoms with E-state index in [1.54, 1.807) is 18.2 Å². The topological polar surface area (TPSA) is 119 Å². The molecule has 1 fully saturated rings. The third kappa shape index (κ3) is 5.43. The molecule has 2 aliphatic heterocycles. The van der Waals surface area contributed by atoms with Gasteiger partial charge in [-0.2, -0.15) is 0 Å². The summed E-state index contributed by atoms with van der Waals surface area (Å²) >= 11 is 0. The number of β-amino-alcohol motifs (C(OH)–C–C–N with tert-alkyl or cyclic N) is 1. The van der Waals surface area contributed by atoms with Crippen LogP contribution in [-0.2, 0) is 6.42 Å². The molecule has 0 aromatic carbocycles. The van der Waals surface area contributed by atoms with Crippen molar-refractivity contribution in [3.8, 4) is 17.4 Å². The minimum atomic E-state index is -0.776. The summed E-state index contributed by atoms with van der Waals surface area (Å²) in [7, 11) is 1.51. The van der Waals surface area contributed by atoms with Crippen molar-refractivity contribution in [2.24, 2.45) is 0 Å². The van der Waals surface area contributed by atoms with Crippen LogP contribution < -0.4 is 19.5 Å². The van der Waals surface area contributed by atoms with Gasteiger partial charge < -0.3 is 29.5 Å². The lowest BCUT2D eigenvalue weighted by Gasteiger charge is -2.36. The molecule has 5 rings (SSSR count). The van der Waals surface area contributed by atoms with E-state index in [0.29, 0.717) is 79.7 Å². The van der Waals surface area contributed by atoms with Crippen molar-refractivity contribution >= 4 is 29.3 Å². The third-order valence-electron chi connectivity index (χ3n) is 6.27. The highest BCUT2D eigenvalue weighted by Crippen LogP contribution is 2.29. The van der Waals surface area contributed by atoms with E-state index in [-0.39, 0.29) is 24.0 Å². The average molecular weight is 520 g/mol. The molecule has 0 spiro atoms. The summed E-state index contributed by atoms with van der Waals surface area (Å²) in [6, 6.07) is 4.56. The minimum absolute atomic E-state index is 0. The molecule has 0 aliphatic carbocycles. The summed E-state index contributed by atoms with van der Waals surface area (Å²) in [5.41, 5.74) is 1.73. The fourth-order valence-corrected chi connectivity index (χ4v) is 4.38. The number of hydrogen-bond acceptors (Lipinski definition) is 9. The maximum Gasteiger partial charge on any atom is 0.270 e. The van der Waals surface area contributed by atoms with Crippen LogP contribution in [0.5, 0.6) is 17.4 Å². The van der Waals surface area contributed by atoms with Gasteiger partial charge in [-0.3, -0.25) is 9.78 Å². The number of fused-ring (bicyclic) bond motifs is 2. The number of aromatic nitrogens is 3. The molecule has 0 saturated carbocycles. The molecule has 192 valence electrons. The maximum atomic E-state index is 14.6. The monoisotopic (exact) mass is 519 g/mol. The van der Waals surface area contributed by atoms with Gasteiger partial charge >= 0.3 is 0 Å². The number of halogens is 2. The van der Waals surface area contributed by atoms with Gasteiger partial charge in [-0.25, -0.2) is 14.4 Å². The van der Waals surface area contributed by atoms with Crippen LogP contribution in [0.15, 0.2) is 30.6 Å². The number of nitrogens with one attached hydrogen (secondary N) is 1. The number of hydrogen-bond donors (Lipinski definition) is 2. The van der Waals surface area contributed by atoms with E-state index < -0.39 is 18.0 Å². The highest BCUT2D eigenvalue weighted by molar-refractivity contribution is 5.93. The van der Waals surface area contributed by atoms with Gasteiger partial charge in [0.1, 0.15) is 24.7 Å². The van der Waals surface area contributed by atoms with Gasteiger partial charge in [-0.05, 0) is 18.9 Å². The van der Waals surface area contributed by atoms with E-state index in [1.807, 2.05) is 4.90 Å². The number of piperidine rings is 1. The first-order valence-corrected chi connectivity index (χ1v) is 11.5. The number of carbonyl (C=O) groups is 1. The van der Waals surface area contributed by atoms with Crippen LogP contribution in [0.4, 0.5) is 4.39 Å². The predicted molar refractivity (Wildman–Crippen MR) is 131 cm³/mol. The van der Waals surface area contributed by atoms with Gasteiger partial charge in [-0.15, -0.1) is 12.4 Å². The molecular formula is C24H27ClFN5O5. The maximum absolute atomic E-state index is 14.6. The second kappa shape index (κ2) is 11.2. The van der Waals surface area contributed by atoms with Crippen molar-refractivity contribution in [3.63, 3.8) is 0 Å². The molecule has 12 heteroatoms. The van der Waals surface area contributed by atoms with Gasteiger partial charge in [0.25, 0.3) is 5.91 Å². The first kappa shape index (κ1) is 25.8. The summed E-state index contributed by atoms with van der Waals surface area (Å²) in [4.78, 5) is 27.3. The Labute approximate surface area is 213 Å². The van der Waals surface area contributed by atoms with Gasteiger partial charge in [0, 0.05) is 37.3 Å². The van der Waals surface area contributed by atoms with E-state index in [2.05, 4.69) is 20.3 Å².